The van der Waals surface area contributed by atoms with Crippen LogP contribution in [0.1, 0.15) is 32.9 Å². The number of anilines is 1. The molecule has 2 rings (SSSR count). The van der Waals surface area contributed by atoms with Gasteiger partial charge in [-0.2, -0.15) is 0 Å². The fraction of sp³-hybridized carbons (Fsp3) is 0.471. The molecule has 1 aromatic heterocycles. The van der Waals surface area contributed by atoms with Gasteiger partial charge in [-0.1, -0.05) is 32.4 Å². The zero-order valence-electron chi connectivity index (χ0n) is 14.0. The standard InChI is InChI=1S/C17H23N3O3/c1-5-11(2)17(4,21)10-18-14-9-12(3)19-16-13(14)7-6-8-15(16)20(22)23/h6-9,11,21H,5,10H2,1-4H3,(H,18,19). The Balaban J connectivity index is 2.42. The average molecular weight is 317 g/mol. The van der Waals surface area contributed by atoms with Crippen LogP contribution in [0.2, 0.25) is 0 Å². The first-order valence-electron chi connectivity index (χ1n) is 7.77. The van der Waals surface area contributed by atoms with Crippen LogP contribution >= 0.6 is 0 Å². The summed E-state index contributed by atoms with van der Waals surface area (Å²) in [6, 6.07) is 6.75. The van der Waals surface area contributed by atoms with Gasteiger partial charge in [-0.25, -0.2) is 4.98 Å². The predicted octanol–water partition coefficient (Wildman–Crippen LogP) is 3.66. The lowest BCUT2D eigenvalue weighted by Crippen LogP contribution is -2.39. The van der Waals surface area contributed by atoms with Crippen molar-refractivity contribution in [3.05, 3.63) is 40.1 Å². The fourth-order valence-electron chi connectivity index (χ4n) is 2.54. The van der Waals surface area contributed by atoms with E-state index in [9.17, 15) is 15.2 Å². The number of non-ortho nitro benzene ring substituents is 1. The summed E-state index contributed by atoms with van der Waals surface area (Å²) < 4.78 is 0. The molecule has 0 aliphatic rings. The fourth-order valence-corrected chi connectivity index (χ4v) is 2.54. The molecule has 1 heterocycles. The number of nitrogens with zero attached hydrogens (tertiary/aromatic N) is 2. The van der Waals surface area contributed by atoms with E-state index in [1.54, 1.807) is 26.0 Å². The molecule has 23 heavy (non-hydrogen) atoms. The van der Waals surface area contributed by atoms with Crippen LogP contribution in [0.25, 0.3) is 10.9 Å². The van der Waals surface area contributed by atoms with Crippen LogP contribution in [0, 0.1) is 23.0 Å². The molecule has 6 heteroatoms. The summed E-state index contributed by atoms with van der Waals surface area (Å²) in [7, 11) is 0. The largest absolute Gasteiger partial charge is 0.388 e. The Hall–Kier alpha value is -2.21. The number of aryl methyl sites for hydroxylation is 1. The van der Waals surface area contributed by atoms with Crippen LogP contribution in [0.3, 0.4) is 0 Å². The highest BCUT2D eigenvalue weighted by molar-refractivity contribution is 5.96. The van der Waals surface area contributed by atoms with Crippen molar-refractivity contribution in [2.24, 2.45) is 5.92 Å². The van der Waals surface area contributed by atoms with Crippen LogP contribution in [0.15, 0.2) is 24.3 Å². The van der Waals surface area contributed by atoms with E-state index in [0.29, 0.717) is 23.1 Å². The molecule has 2 atom stereocenters. The molecule has 0 radical (unpaired) electrons. The van der Waals surface area contributed by atoms with Crippen molar-refractivity contribution in [3.63, 3.8) is 0 Å². The SMILES string of the molecule is CCC(C)C(C)(O)CNc1cc(C)nc2c([N+](=O)[O-])cccc12. The second-order valence-electron chi connectivity index (χ2n) is 6.26. The zero-order valence-corrected chi connectivity index (χ0v) is 14.0. The smallest absolute Gasteiger partial charge is 0.295 e. The first-order chi connectivity index (χ1) is 10.8. The van der Waals surface area contributed by atoms with Crippen LogP contribution in [0.5, 0.6) is 0 Å². The number of aliphatic hydroxyl groups is 1. The molecule has 0 fully saturated rings. The Morgan fingerprint density at radius 1 is 1.48 bits per heavy atom. The van der Waals surface area contributed by atoms with E-state index >= 15 is 0 Å². The van der Waals surface area contributed by atoms with Gasteiger partial charge >= 0.3 is 0 Å². The highest BCUT2D eigenvalue weighted by atomic mass is 16.6. The summed E-state index contributed by atoms with van der Waals surface area (Å²) in [5, 5.41) is 25.7. The molecular formula is C17H23N3O3. The van der Waals surface area contributed by atoms with Crippen molar-refractivity contribution in [2.75, 3.05) is 11.9 Å². The van der Waals surface area contributed by atoms with Crippen molar-refractivity contribution in [3.8, 4) is 0 Å². The summed E-state index contributed by atoms with van der Waals surface area (Å²) in [6.07, 6.45) is 0.871. The predicted molar refractivity (Wildman–Crippen MR) is 91.7 cm³/mol. The van der Waals surface area contributed by atoms with Gasteiger partial charge in [-0.3, -0.25) is 10.1 Å². The van der Waals surface area contributed by atoms with Crippen LogP contribution < -0.4 is 5.32 Å². The van der Waals surface area contributed by atoms with Crippen molar-refractivity contribution < 1.29 is 10.0 Å². The van der Waals surface area contributed by atoms with Gasteiger partial charge in [0.15, 0.2) is 5.52 Å². The third-order valence-corrected chi connectivity index (χ3v) is 4.45. The van der Waals surface area contributed by atoms with Crippen molar-refractivity contribution in [1.82, 2.24) is 4.98 Å². The lowest BCUT2D eigenvalue weighted by molar-refractivity contribution is -0.383. The van der Waals surface area contributed by atoms with Crippen molar-refractivity contribution >= 4 is 22.3 Å². The number of hydrogen-bond acceptors (Lipinski definition) is 5. The third-order valence-electron chi connectivity index (χ3n) is 4.45. The lowest BCUT2D eigenvalue weighted by Gasteiger charge is -2.30. The van der Waals surface area contributed by atoms with E-state index < -0.39 is 10.5 Å². The minimum atomic E-state index is -0.862. The second kappa shape index (κ2) is 6.50. The maximum atomic E-state index is 11.2. The Morgan fingerprint density at radius 2 is 2.17 bits per heavy atom. The summed E-state index contributed by atoms with van der Waals surface area (Å²) in [5.41, 5.74) is 0.933. The van der Waals surface area contributed by atoms with Crippen LogP contribution in [-0.4, -0.2) is 27.2 Å². The molecule has 6 nitrogen and oxygen atoms in total. The maximum absolute atomic E-state index is 11.2. The van der Waals surface area contributed by atoms with E-state index in [4.69, 9.17) is 0 Å². The highest BCUT2D eigenvalue weighted by Crippen LogP contribution is 2.30. The third kappa shape index (κ3) is 3.59. The zero-order chi connectivity index (χ0) is 17.2. The first kappa shape index (κ1) is 17.1. The van der Waals surface area contributed by atoms with Gasteiger partial charge in [-0.05, 0) is 25.8 Å². The van der Waals surface area contributed by atoms with E-state index in [-0.39, 0.29) is 11.6 Å². The second-order valence-corrected chi connectivity index (χ2v) is 6.26. The van der Waals surface area contributed by atoms with Crippen LogP contribution in [0.4, 0.5) is 11.4 Å². The number of para-hydroxylation sites is 1. The molecule has 1 aromatic carbocycles. The number of nitrogens with one attached hydrogen (secondary N) is 1. The van der Waals surface area contributed by atoms with Gasteiger partial charge in [0, 0.05) is 29.4 Å². The molecule has 0 amide bonds. The minimum Gasteiger partial charge on any atom is -0.388 e. The summed E-state index contributed by atoms with van der Waals surface area (Å²) in [6.45, 7) is 8.00. The number of nitro groups is 1. The molecule has 2 unspecified atom stereocenters. The monoisotopic (exact) mass is 317 g/mol. The van der Waals surface area contributed by atoms with Gasteiger partial charge in [0.25, 0.3) is 5.69 Å². The van der Waals surface area contributed by atoms with Gasteiger partial charge in [0.2, 0.25) is 0 Å². The Kier molecular flexibility index (Phi) is 4.85. The summed E-state index contributed by atoms with van der Waals surface area (Å²) in [4.78, 5) is 15.1. The van der Waals surface area contributed by atoms with Gasteiger partial charge in [-0.15, -0.1) is 0 Å². The number of fused-ring (bicyclic) bond motifs is 1. The first-order valence-corrected chi connectivity index (χ1v) is 7.77. The van der Waals surface area contributed by atoms with Gasteiger partial charge in [0.05, 0.1) is 10.5 Å². The van der Waals surface area contributed by atoms with E-state index in [1.165, 1.54) is 6.07 Å². The topological polar surface area (TPSA) is 88.3 Å². The van der Waals surface area contributed by atoms with Crippen molar-refractivity contribution in [1.29, 1.82) is 0 Å². The van der Waals surface area contributed by atoms with E-state index in [2.05, 4.69) is 10.3 Å². The number of pyridine rings is 1. The van der Waals surface area contributed by atoms with Crippen LogP contribution in [-0.2, 0) is 0 Å². The highest BCUT2D eigenvalue weighted by Gasteiger charge is 2.27. The summed E-state index contributed by atoms with van der Waals surface area (Å²) in [5.74, 6) is 0.138. The average Bonchev–Trinajstić information content (AvgIpc) is 2.50. The van der Waals surface area contributed by atoms with E-state index in [0.717, 1.165) is 12.1 Å². The molecule has 2 N–H and O–H groups in total. The summed E-state index contributed by atoms with van der Waals surface area (Å²) >= 11 is 0. The van der Waals surface area contributed by atoms with E-state index in [1.807, 2.05) is 19.9 Å². The molecule has 0 spiro atoms. The lowest BCUT2D eigenvalue weighted by atomic mass is 9.88. The molecule has 124 valence electrons. The normalized spacial score (nSPS) is 15.2. The van der Waals surface area contributed by atoms with Gasteiger partial charge < -0.3 is 10.4 Å². The number of benzene rings is 1. The van der Waals surface area contributed by atoms with Crippen molar-refractivity contribution in [2.45, 2.75) is 39.7 Å². The molecule has 0 aliphatic carbocycles. The molecule has 0 saturated heterocycles. The maximum Gasteiger partial charge on any atom is 0.295 e. The minimum absolute atomic E-state index is 0.0112. The molecule has 0 aliphatic heterocycles. The quantitative estimate of drug-likeness (QED) is 0.627. The molecule has 0 bridgehead atoms. The molecular weight excluding hydrogens is 294 g/mol. The molecule has 0 saturated carbocycles. The Labute approximate surface area is 135 Å². The Bertz CT molecular complexity index is 728. The van der Waals surface area contributed by atoms with Gasteiger partial charge in [0.1, 0.15) is 0 Å². The number of nitro benzene ring substituents is 1. The number of hydrogen-bond donors (Lipinski definition) is 2. The Morgan fingerprint density at radius 3 is 2.78 bits per heavy atom. The molecule has 2 aromatic rings. The number of aromatic nitrogens is 1. The number of rotatable bonds is 6.